The molecule has 4 heterocycles. The van der Waals surface area contributed by atoms with Gasteiger partial charge in [0.2, 0.25) is 5.78 Å². The third kappa shape index (κ3) is 7.57. The number of fused-ring (bicyclic) bond motifs is 2. The van der Waals surface area contributed by atoms with Gasteiger partial charge < -0.3 is 24.7 Å². The molecule has 0 spiro atoms. The van der Waals surface area contributed by atoms with Crippen LogP contribution in [0, 0.1) is 12.3 Å². The fourth-order valence-electron chi connectivity index (χ4n) is 9.85. The number of carbonyl (C=O) groups excluding carboxylic acids is 2. The molecule has 0 atom stereocenters. The Hall–Kier alpha value is -4.36. The Bertz CT molecular complexity index is 2210. The number of halogens is 1. The van der Waals surface area contributed by atoms with Gasteiger partial charge in [-0.25, -0.2) is 9.97 Å². The Morgan fingerprint density at radius 2 is 1.39 bits per heavy atom. The molecule has 0 bridgehead atoms. The maximum atomic E-state index is 13.9. The van der Waals surface area contributed by atoms with E-state index >= 15 is 0 Å². The fraction of sp³-hybridized carbons (Fsp3) is 0.523. The van der Waals surface area contributed by atoms with Crippen molar-refractivity contribution >= 4 is 34.9 Å². The van der Waals surface area contributed by atoms with Gasteiger partial charge >= 0.3 is 5.97 Å². The van der Waals surface area contributed by atoms with E-state index in [0.717, 1.165) is 116 Å². The van der Waals surface area contributed by atoms with E-state index in [0.29, 0.717) is 53.8 Å². The van der Waals surface area contributed by atoms with Gasteiger partial charge in [-0.2, -0.15) is 0 Å². The smallest absolute Gasteiger partial charge is 0.309 e. The van der Waals surface area contributed by atoms with Gasteiger partial charge in [-0.1, -0.05) is 41.9 Å². The lowest BCUT2D eigenvalue weighted by Crippen LogP contribution is -2.44. The second-order valence-corrected chi connectivity index (χ2v) is 17.5. The van der Waals surface area contributed by atoms with Gasteiger partial charge in [-0.15, -0.1) is 0 Å². The molecule has 0 unspecified atom stereocenters. The van der Waals surface area contributed by atoms with Gasteiger partial charge in [0.15, 0.2) is 11.6 Å². The van der Waals surface area contributed by atoms with Crippen molar-refractivity contribution in [2.45, 2.75) is 116 Å². The molecule has 2 fully saturated rings. The summed E-state index contributed by atoms with van der Waals surface area (Å²) in [6.45, 7) is 6.99. The number of aliphatic hydroxyl groups is 1. The largest absolute Gasteiger partial charge is 0.481 e. The van der Waals surface area contributed by atoms with E-state index in [9.17, 15) is 24.6 Å². The summed E-state index contributed by atoms with van der Waals surface area (Å²) < 4.78 is 3.86. The Kier molecular flexibility index (Phi) is 10.9. The molecule has 13 heteroatoms. The molecule has 3 N–H and O–H groups in total. The van der Waals surface area contributed by atoms with Crippen LogP contribution in [0.2, 0.25) is 5.02 Å². The van der Waals surface area contributed by atoms with Gasteiger partial charge in [-0.3, -0.25) is 24.2 Å². The number of carbonyl (C=O) groups is 3. The van der Waals surface area contributed by atoms with Crippen molar-refractivity contribution in [2.24, 2.45) is 19.5 Å². The SMILES string of the molecule is Cc1c(CC(=O)c2nc3c(n2C)CCN(C2CCC(O)CC2)C3)cccc1-c1cccc(NC(=O)c2nc3c(n2C)CCN(C2CCC(C)(C(=O)O)CC2)C3)c1Cl. The van der Waals surface area contributed by atoms with Gasteiger partial charge in [0, 0.05) is 88.6 Å². The molecule has 2 aromatic carbocycles. The van der Waals surface area contributed by atoms with Crippen LogP contribution in [-0.2, 0) is 51.2 Å². The standard InChI is InChI=1S/C44H54ClN7O5/c1-26-27(23-38(54)40-46-34-24-51(21-17-36(34)49(40)3)28-11-13-30(53)14-12-28)7-5-8-31(26)32-9-6-10-33(39(32)45)48-42(55)41-47-35-25-52(22-18-37(35)50(41)4)29-15-19-44(2,20-16-29)43(56)57/h5-10,28-30,53H,11-25H2,1-4H3,(H,48,55)(H,56,57). The molecule has 4 aromatic rings. The summed E-state index contributed by atoms with van der Waals surface area (Å²) in [4.78, 5) is 54.0. The zero-order chi connectivity index (χ0) is 40.2. The zero-order valence-corrected chi connectivity index (χ0v) is 34.2. The molecule has 8 rings (SSSR count). The van der Waals surface area contributed by atoms with Crippen LogP contribution in [0.4, 0.5) is 5.69 Å². The summed E-state index contributed by atoms with van der Waals surface area (Å²) in [7, 11) is 3.82. The molecule has 0 saturated heterocycles. The predicted octanol–water partition coefficient (Wildman–Crippen LogP) is 6.51. The fourth-order valence-corrected chi connectivity index (χ4v) is 10.1. The average Bonchev–Trinajstić information content (AvgIpc) is 3.72. The zero-order valence-electron chi connectivity index (χ0n) is 33.5. The van der Waals surface area contributed by atoms with Gasteiger partial charge in [-0.05, 0) is 88.0 Å². The first kappa shape index (κ1) is 39.5. The summed E-state index contributed by atoms with van der Waals surface area (Å²) in [5.74, 6) is -0.295. The lowest BCUT2D eigenvalue weighted by Gasteiger charge is -2.41. The number of anilines is 1. The molecule has 57 heavy (non-hydrogen) atoms. The van der Waals surface area contributed by atoms with E-state index in [1.165, 1.54) is 0 Å². The topological polar surface area (TPSA) is 146 Å². The molecule has 2 aliphatic carbocycles. The highest BCUT2D eigenvalue weighted by atomic mass is 35.5. The van der Waals surface area contributed by atoms with E-state index in [2.05, 4.69) is 15.1 Å². The summed E-state index contributed by atoms with van der Waals surface area (Å²) in [5.41, 5.74) is 7.32. The highest BCUT2D eigenvalue weighted by molar-refractivity contribution is 6.36. The van der Waals surface area contributed by atoms with Crippen molar-refractivity contribution in [3.8, 4) is 11.1 Å². The number of carboxylic acids is 1. The van der Waals surface area contributed by atoms with Crippen molar-refractivity contribution in [3.05, 3.63) is 87.0 Å². The number of ketones is 1. The predicted molar refractivity (Wildman–Crippen MR) is 219 cm³/mol. The summed E-state index contributed by atoms with van der Waals surface area (Å²) >= 11 is 7.06. The van der Waals surface area contributed by atoms with Crippen molar-refractivity contribution in [2.75, 3.05) is 18.4 Å². The molecule has 12 nitrogen and oxygen atoms in total. The van der Waals surface area contributed by atoms with E-state index < -0.39 is 11.4 Å². The maximum Gasteiger partial charge on any atom is 0.309 e. The van der Waals surface area contributed by atoms with Crippen LogP contribution in [0.15, 0.2) is 36.4 Å². The van der Waals surface area contributed by atoms with Crippen molar-refractivity contribution in [1.29, 1.82) is 0 Å². The minimum absolute atomic E-state index is 0.0348. The highest BCUT2D eigenvalue weighted by Gasteiger charge is 2.40. The number of nitrogens with zero attached hydrogens (tertiary/aromatic N) is 6. The van der Waals surface area contributed by atoms with Crippen molar-refractivity contribution in [3.63, 3.8) is 0 Å². The first-order valence-corrected chi connectivity index (χ1v) is 20.9. The first-order chi connectivity index (χ1) is 27.3. The average molecular weight is 796 g/mol. The lowest BCUT2D eigenvalue weighted by molar-refractivity contribution is -0.150. The molecular formula is C44H54ClN7O5. The molecule has 2 saturated carbocycles. The van der Waals surface area contributed by atoms with E-state index in [-0.39, 0.29) is 24.2 Å². The number of Topliss-reactive ketones (excluding diaryl/α,β-unsaturated/α-hetero) is 1. The second kappa shape index (κ2) is 15.8. The Labute approximate surface area is 339 Å². The molecule has 302 valence electrons. The van der Waals surface area contributed by atoms with Gasteiger partial charge in [0.25, 0.3) is 5.91 Å². The normalized spacial score (nSPS) is 24.1. The van der Waals surface area contributed by atoms with Crippen LogP contribution in [0.5, 0.6) is 0 Å². The molecule has 4 aliphatic rings. The van der Waals surface area contributed by atoms with E-state index in [1.54, 1.807) is 6.07 Å². The summed E-state index contributed by atoms with van der Waals surface area (Å²) in [6.07, 6.45) is 8.31. The number of amides is 1. The van der Waals surface area contributed by atoms with Crippen LogP contribution in [0.1, 0.15) is 113 Å². The number of aliphatic hydroxyl groups excluding tert-OH is 1. The van der Waals surface area contributed by atoms with Crippen LogP contribution in [-0.4, -0.2) is 88.1 Å². The van der Waals surface area contributed by atoms with Crippen LogP contribution in [0.25, 0.3) is 11.1 Å². The third-order valence-electron chi connectivity index (χ3n) is 13.6. The number of aromatic nitrogens is 4. The molecule has 1 amide bonds. The number of nitrogens with one attached hydrogen (secondary N) is 1. The maximum absolute atomic E-state index is 13.9. The Balaban J connectivity index is 0.946. The minimum Gasteiger partial charge on any atom is -0.481 e. The number of carboxylic acid groups (broad SMARTS) is 1. The number of aliphatic carboxylic acids is 1. The van der Waals surface area contributed by atoms with Crippen LogP contribution in [0.3, 0.4) is 0 Å². The Morgan fingerprint density at radius 3 is 2.02 bits per heavy atom. The Morgan fingerprint density at radius 1 is 0.825 bits per heavy atom. The molecule has 2 aliphatic heterocycles. The highest BCUT2D eigenvalue weighted by Crippen LogP contribution is 2.40. The number of benzene rings is 2. The number of hydrogen-bond acceptors (Lipinski definition) is 8. The number of hydrogen-bond donors (Lipinski definition) is 3. The van der Waals surface area contributed by atoms with Crippen LogP contribution < -0.4 is 5.32 Å². The molecular weight excluding hydrogens is 742 g/mol. The van der Waals surface area contributed by atoms with Crippen molar-refractivity contribution in [1.82, 2.24) is 28.9 Å². The van der Waals surface area contributed by atoms with Gasteiger partial charge in [0.05, 0.1) is 33.6 Å². The first-order valence-electron chi connectivity index (χ1n) is 20.5. The molecule has 0 radical (unpaired) electrons. The third-order valence-corrected chi connectivity index (χ3v) is 14.0. The monoisotopic (exact) mass is 795 g/mol. The quantitative estimate of drug-likeness (QED) is 0.161. The number of imidazole rings is 2. The van der Waals surface area contributed by atoms with E-state index in [4.69, 9.17) is 21.6 Å². The molecule has 2 aromatic heterocycles. The lowest BCUT2D eigenvalue weighted by atomic mass is 9.73. The van der Waals surface area contributed by atoms with Crippen molar-refractivity contribution < 1.29 is 24.6 Å². The summed E-state index contributed by atoms with van der Waals surface area (Å²) in [5, 5.41) is 23.1. The van der Waals surface area contributed by atoms with Gasteiger partial charge in [0.1, 0.15) is 0 Å². The second-order valence-electron chi connectivity index (χ2n) is 17.1. The summed E-state index contributed by atoms with van der Waals surface area (Å²) in [6, 6.07) is 12.2. The van der Waals surface area contributed by atoms with Crippen LogP contribution >= 0.6 is 11.6 Å². The minimum atomic E-state index is -0.715. The number of rotatable bonds is 9. The van der Waals surface area contributed by atoms with E-state index in [1.807, 2.05) is 67.4 Å².